The molecular formula is C21H24ClN3O3. The zero-order valence-electron chi connectivity index (χ0n) is 16.0. The molecule has 0 aliphatic carbocycles. The summed E-state index contributed by atoms with van der Waals surface area (Å²) in [5.74, 6) is 1.32. The number of hydrogen-bond donors (Lipinski definition) is 1. The van der Waals surface area contributed by atoms with Crippen LogP contribution in [0.3, 0.4) is 0 Å². The smallest absolute Gasteiger partial charge is 0.246 e. The number of benzene rings is 2. The molecule has 0 saturated heterocycles. The van der Waals surface area contributed by atoms with Crippen molar-refractivity contribution < 1.29 is 14.3 Å². The fourth-order valence-corrected chi connectivity index (χ4v) is 3.30. The van der Waals surface area contributed by atoms with Crippen molar-refractivity contribution in [3.63, 3.8) is 0 Å². The van der Waals surface area contributed by atoms with E-state index in [4.69, 9.17) is 26.1 Å². The number of rotatable bonds is 9. The Bertz CT molecular complexity index is 942. The van der Waals surface area contributed by atoms with Gasteiger partial charge in [0.2, 0.25) is 5.91 Å². The summed E-state index contributed by atoms with van der Waals surface area (Å²) in [4.78, 5) is 16.6. The van der Waals surface area contributed by atoms with Crippen LogP contribution in [0.25, 0.3) is 11.0 Å². The van der Waals surface area contributed by atoms with Gasteiger partial charge in [-0.1, -0.05) is 35.9 Å². The van der Waals surface area contributed by atoms with Crippen LogP contribution < -0.4 is 10.1 Å². The molecule has 1 heterocycles. The Morgan fingerprint density at radius 3 is 2.75 bits per heavy atom. The first-order valence-corrected chi connectivity index (χ1v) is 9.58. The number of hydrogen-bond acceptors (Lipinski definition) is 4. The van der Waals surface area contributed by atoms with Crippen LogP contribution in [0.4, 0.5) is 0 Å². The van der Waals surface area contributed by atoms with Crippen molar-refractivity contribution in [2.24, 2.45) is 0 Å². The molecule has 0 radical (unpaired) electrons. The van der Waals surface area contributed by atoms with Crippen LogP contribution in [0.15, 0.2) is 48.5 Å². The topological polar surface area (TPSA) is 65.4 Å². The van der Waals surface area contributed by atoms with Crippen molar-refractivity contribution in [1.29, 1.82) is 0 Å². The summed E-state index contributed by atoms with van der Waals surface area (Å²) in [6.45, 7) is 3.19. The standard InChI is InChI=1S/C21H24ClN3O3/c1-15(23-20(26)14-27-2)21-24-17-9-4-5-10-18(17)25(21)12-7-13-28-19-11-6-3-8-16(19)22/h3-6,8-11,15H,7,12-14H2,1-2H3,(H,23,26). The summed E-state index contributed by atoms with van der Waals surface area (Å²) < 4.78 is 12.8. The molecule has 1 amide bonds. The second-order valence-corrected chi connectivity index (χ2v) is 6.87. The maximum absolute atomic E-state index is 11.9. The van der Waals surface area contributed by atoms with Gasteiger partial charge < -0.3 is 19.4 Å². The lowest BCUT2D eigenvalue weighted by Gasteiger charge is -2.16. The molecule has 2 aromatic carbocycles. The molecule has 1 N–H and O–H groups in total. The zero-order chi connectivity index (χ0) is 19.9. The van der Waals surface area contributed by atoms with E-state index in [1.165, 1.54) is 7.11 Å². The van der Waals surface area contributed by atoms with Crippen molar-refractivity contribution >= 4 is 28.5 Å². The predicted octanol–water partition coefficient (Wildman–Crippen LogP) is 3.98. The van der Waals surface area contributed by atoms with Crippen molar-refractivity contribution in [2.45, 2.75) is 25.9 Å². The maximum atomic E-state index is 11.9. The van der Waals surface area contributed by atoms with Gasteiger partial charge in [0.15, 0.2) is 0 Å². The Morgan fingerprint density at radius 1 is 1.21 bits per heavy atom. The first-order valence-electron chi connectivity index (χ1n) is 9.21. The van der Waals surface area contributed by atoms with Crippen LogP contribution in [0.5, 0.6) is 5.75 Å². The number of halogens is 1. The van der Waals surface area contributed by atoms with Gasteiger partial charge in [0.1, 0.15) is 18.2 Å². The molecule has 3 aromatic rings. The van der Waals surface area contributed by atoms with Gasteiger partial charge in [-0.3, -0.25) is 4.79 Å². The number of aromatic nitrogens is 2. The van der Waals surface area contributed by atoms with Gasteiger partial charge in [0.25, 0.3) is 0 Å². The number of fused-ring (bicyclic) bond motifs is 1. The van der Waals surface area contributed by atoms with Crippen LogP contribution >= 0.6 is 11.6 Å². The predicted molar refractivity (Wildman–Crippen MR) is 110 cm³/mol. The Balaban J connectivity index is 1.71. The van der Waals surface area contributed by atoms with E-state index in [-0.39, 0.29) is 18.6 Å². The highest BCUT2D eigenvalue weighted by Gasteiger charge is 2.18. The van der Waals surface area contributed by atoms with Crippen LogP contribution in [-0.4, -0.2) is 35.8 Å². The van der Waals surface area contributed by atoms with E-state index in [1.807, 2.05) is 55.5 Å². The maximum Gasteiger partial charge on any atom is 0.246 e. The quantitative estimate of drug-likeness (QED) is 0.551. The third kappa shape index (κ3) is 4.82. The van der Waals surface area contributed by atoms with Gasteiger partial charge in [-0.05, 0) is 37.6 Å². The van der Waals surface area contributed by atoms with Gasteiger partial charge in [0.05, 0.1) is 28.7 Å². The fraction of sp³-hybridized carbons (Fsp3) is 0.333. The number of nitrogens with zero attached hydrogens (tertiary/aromatic N) is 2. The van der Waals surface area contributed by atoms with E-state index in [0.717, 1.165) is 23.3 Å². The SMILES string of the molecule is COCC(=O)NC(C)c1nc2ccccc2n1CCCOc1ccccc1Cl. The molecule has 0 bridgehead atoms. The average Bonchev–Trinajstić information content (AvgIpc) is 3.05. The molecule has 3 rings (SSSR count). The van der Waals surface area contributed by atoms with Gasteiger partial charge in [0, 0.05) is 13.7 Å². The van der Waals surface area contributed by atoms with Crippen LogP contribution in [0.2, 0.25) is 5.02 Å². The summed E-state index contributed by atoms with van der Waals surface area (Å²) in [5, 5.41) is 3.53. The lowest BCUT2D eigenvalue weighted by molar-refractivity contribution is -0.125. The number of amides is 1. The molecular weight excluding hydrogens is 378 g/mol. The highest BCUT2D eigenvalue weighted by atomic mass is 35.5. The molecule has 1 aromatic heterocycles. The molecule has 1 unspecified atom stereocenters. The first-order chi connectivity index (χ1) is 13.6. The highest BCUT2D eigenvalue weighted by molar-refractivity contribution is 6.32. The number of carbonyl (C=O) groups excluding carboxylic acids is 1. The van der Waals surface area contributed by atoms with Gasteiger partial charge in [-0.15, -0.1) is 0 Å². The third-order valence-corrected chi connectivity index (χ3v) is 4.66. The number of imidazole rings is 1. The van der Waals surface area contributed by atoms with Crippen molar-refractivity contribution in [2.75, 3.05) is 20.3 Å². The largest absolute Gasteiger partial charge is 0.492 e. The third-order valence-electron chi connectivity index (χ3n) is 4.34. The molecule has 0 aliphatic rings. The van der Waals surface area contributed by atoms with E-state index in [2.05, 4.69) is 9.88 Å². The number of para-hydroxylation sites is 3. The molecule has 0 spiro atoms. The minimum Gasteiger partial charge on any atom is -0.492 e. The van der Waals surface area contributed by atoms with Crippen LogP contribution in [0.1, 0.15) is 25.2 Å². The minimum absolute atomic E-state index is 0.0241. The number of ether oxygens (including phenoxy) is 2. The minimum atomic E-state index is -0.237. The normalized spacial score (nSPS) is 12.1. The Morgan fingerprint density at radius 2 is 1.96 bits per heavy atom. The molecule has 1 atom stereocenters. The molecule has 0 saturated carbocycles. The molecule has 6 nitrogen and oxygen atoms in total. The fourth-order valence-electron chi connectivity index (χ4n) is 3.11. The lowest BCUT2D eigenvalue weighted by Crippen LogP contribution is -2.31. The lowest BCUT2D eigenvalue weighted by atomic mass is 10.3. The molecule has 0 fully saturated rings. The Hall–Kier alpha value is -2.57. The zero-order valence-corrected chi connectivity index (χ0v) is 16.8. The van der Waals surface area contributed by atoms with Crippen molar-refractivity contribution in [1.82, 2.24) is 14.9 Å². The van der Waals surface area contributed by atoms with Crippen LogP contribution in [-0.2, 0) is 16.1 Å². The first kappa shape index (κ1) is 20.2. The highest BCUT2D eigenvalue weighted by Crippen LogP contribution is 2.24. The monoisotopic (exact) mass is 401 g/mol. The van der Waals surface area contributed by atoms with E-state index >= 15 is 0 Å². The van der Waals surface area contributed by atoms with Crippen LogP contribution in [0, 0.1) is 0 Å². The molecule has 7 heteroatoms. The number of aryl methyl sites for hydroxylation is 1. The van der Waals surface area contributed by atoms with Crippen molar-refractivity contribution in [3.05, 3.63) is 59.4 Å². The van der Waals surface area contributed by atoms with E-state index in [1.54, 1.807) is 0 Å². The molecule has 0 aliphatic heterocycles. The van der Waals surface area contributed by atoms with Gasteiger partial charge >= 0.3 is 0 Å². The van der Waals surface area contributed by atoms with Gasteiger partial charge in [-0.25, -0.2) is 4.98 Å². The number of nitrogens with one attached hydrogen (secondary N) is 1. The summed E-state index contributed by atoms with van der Waals surface area (Å²) in [6.07, 6.45) is 0.775. The van der Waals surface area contributed by atoms with E-state index < -0.39 is 0 Å². The summed E-state index contributed by atoms with van der Waals surface area (Å²) in [7, 11) is 1.50. The average molecular weight is 402 g/mol. The van der Waals surface area contributed by atoms with Gasteiger partial charge in [-0.2, -0.15) is 0 Å². The summed E-state index contributed by atoms with van der Waals surface area (Å²) in [6, 6.07) is 15.1. The van der Waals surface area contributed by atoms with E-state index in [9.17, 15) is 4.79 Å². The summed E-state index contributed by atoms with van der Waals surface area (Å²) in [5.41, 5.74) is 1.93. The second kappa shape index (κ2) is 9.57. The Kier molecular flexibility index (Phi) is 6.90. The molecule has 148 valence electrons. The van der Waals surface area contributed by atoms with Crippen molar-refractivity contribution in [3.8, 4) is 5.75 Å². The van der Waals surface area contributed by atoms with E-state index in [0.29, 0.717) is 23.9 Å². The molecule has 28 heavy (non-hydrogen) atoms. The second-order valence-electron chi connectivity index (χ2n) is 6.47. The number of carbonyl (C=O) groups is 1. The number of methoxy groups -OCH3 is 1. The Labute approximate surface area is 169 Å². The summed E-state index contributed by atoms with van der Waals surface area (Å²) >= 11 is 6.13.